The number of methoxy groups -OCH3 is 2. The quantitative estimate of drug-likeness (QED) is 0.585. The SMILES string of the molecule is CCc1ccc(CCOc2ccc(CC(CC(=O)OC)C(=O)OC)cc2)nc1. The summed E-state index contributed by atoms with van der Waals surface area (Å²) < 4.78 is 15.2. The Morgan fingerprint density at radius 2 is 1.71 bits per heavy atom. The third-order valence-electron chi connectivity index (χ3n) is 4.50. The number of aryl methyl sites for hydroxylation is 1. The molecule has 0 saturated heterocycles. The largest absolute Gasteiger partial charge is 0.493 e. The van der Waals surface area contributed by atoms with Gasteiger partial charge in [-0.25, -0.2) is 0 Å². The number of ether oxygens (including phenoxy) is 3. The van der Waals surface area contributed by atoms with Crippen LogP contribution in [-0.2, 0) is 38.3 Å². The molecule has 1 aromatic heterocycles. The van der Waals surface area contributed by atoms with Crippen LogP contribution < -0.4 is 4.74 Å². The lowest BCUT2D eigenvalue weighted by Gasteiger charge is -2.14. The number of hydrogen-bond acceptors (Lipinski definition) is 6. The van der Waals surface area contributed by atoms with Crippen LogP contribution >= 0.6 is 0 Å². The number of aromatic nitrogens is 1. The molecule has 1 unspecified atom stereocenters. The Bertz CT molecular complexity index is 756. The summed E-state index contributed by atoms with van der Waals surface area (Å²) in [6.45, 7) is 2.64. The van der Waals surface area contributed by atoms with E-state index in [1.165, 1.54) is 19.8 Å². The minimum Gasteiger partial charge on any atom is -0.493 e. The average molecular weight is 385 g/mol. The van der Waals surface area contributed by atoms with E-state index in [9.17, 15) is 9.59 Å². The molecule has 0 fully saturated rings. The number of esters is 2. The van der Waals surface area contributed by atoms with Crippen molar-refractivity contribution in [2.75, 3.05) is 20.8 Å². The van der Waals surface area contributed by atoms with Crippen LogP contribution in [0.1, 0.15) is 30.2 Å². The fraction of sp³-hybridized carbons (Fsp3) is 0.409. The molecule has 1 atom stereocenters. The van der Waals surface area contributed by atoms with Crippen molar-refractivity contribution in [3.8, 4) is 5.75 Å². The number of rotatable bonds is 10. The summed E-state index contributed by atoms with van der Waals surface area (Å²) in [5.74, 6) is -0.679. The number of carbonyl (C=O) groups excluding carboxylic acids is 2. The van der Waals surface area contributed by atoms with Crippen molar-refractivity contribution in [2.45, 2.75) is 32.6 Å². The molecule has 0 N–H and O–H groups in total. The highest BCUT2D eigenvalue weighted by atomic mass is 16.5. The molecule has 28 heavy (non-hydrogen) atoms. The van der Waals surface area contributed by atoms with Gasteiger partial charge in [0.05, 0.1) is 33.2 Å². The summed E-state index contributed by atoms with van der Waals surface area (Å²) in [6, 6.07) is 11.6. The molecule has 6 nitrogen and oxygen atoms in total. The lowest BCUT2D eigenvalue weighted by atomic mass is 9.96. The summed E-state index contributed by atoms with van der Waals surface area (Å²) in [7, 11) is 2.62. The van der Waals surface area contributed by atoms with Crippen molar-refractivity contribution in [2.24, 2.45) is 5.92 Å². The van der Waals surface area contributed by atoms with Gasteiger partial charge in [0.15, 0.2) is 0 Å². The van der Waals surface area contributed by atoms with Gasteiger partial charge in [-0.05, 0) is 42.2 Å². The molecule has 0 radical (unpaired) electrons. The van der Waals surface area contributed by atoms with E-state index in [4.69, 9.17) is 9.47 Å². The number of hydrogen-bond donors (Lipinski definition) is 0. The zero-order valence-corrected chi connectivity index (χ0v) is 16.6. The van der Waals surface area contributed by atoms with E-state index in [0.29, 0.717) is 13.0 Å². The van der Waals surface area contributed by atoms with Gasteiger partial charge >= 0.3 is 11.9 Å². The van der Waals surface area contributed by atoms with Crippen LogP contribution in [0.3, 0.4) is 0 Å². The van der Waals surface area contributed by atoms with E-state index in [1.807, 2.05) is 36.5 Å². The molecular formula is C22H27NO5. The average Bonchev–Trinajstić information content (AvgIpc) is 2.74. The van der Waals surface area contributed by atoms with Crippen molar-refractivity contribution in [1.82, 2.24) is 4.98 Å². The van der Waals surface area contributed by atoms with E-state index >= 15 is 0 Å². The maximum absolute atomic E-state index is 11.9. The lowest BCUT2D eigenvalue weighted by molar-refractivity contribution is -0.151. The predicted molar refractivity (Wildman–Crippen MR) is 105 cm³/mol. The van der Waals surface area contributed by atoms with Crippen LogP contribution in [0, 0.1) is 5.92 Å². The van der Waals surface area contributed by atoms with Crippen molar-refractivity contribution in [3.05, 3.63) is 59.4 Å². The zero-order valence-electron chi connectivity index (χ0n) is 16.6. The van der Waals surface area contributed by atoms with Gasteiger partial charge < -0.3 is 14.2 Å². The van der Waals surface area contributed by atoms with E-state index in [2.05, 4.69) is 22.7 Å². The van der Waals surface area contributed by atoms with Gasteiger partial charge in [-0.15, -0.1) is 0 Å². The molecular weight excluding hydrogens is 358 g/mol. The highest BCUT2D eigenvalue weighted by Gasteiger charge is 2.23. The van der Waals surface area contributed by atoms with Crippen LogP contribution in [0.25, 0.3) is 0 Å². The van der Waals surface area contributed by atoms with Crippen LogP contribution in [0.15, 0.2) is 42.6 Å². The van der Waals surface area contributed by atoms with E-state index in [0.717, 1.165) is 29.8 Å². The molecule has 0 bridgehead atoms. The van der Waals surface area contributed by atoms with Gasteiger partial charge in [0.25, 0.3) is 0 Å². The van der Waals surface area contributed by atoms with Crippen molar-refractivity contribution in [3.63, 3.8) is 0 Å². The van der Waals surface area contributed by atoms with Gasteiger partial charge in [-0.3, -0.25) is 14.6 Å². The summed E-state index contributed by atoms with van der Waals surface area (Å²) in [4.78, 5) is 27.8. The summed E-state index contributed by atoms with van der Waals surface area (Å²) in [5.41, 5.74) is 3.14. The first kappa shape index (κ1) is 21.4. The van der Waals surface area contributed by atoms with Gasteiger partial charge in [0.1, 0.15) is 5.75 Å². The molecule has 150 valence electrons. The molecule has 2 rings (SSSR count). The molecule has 0 spiro atoms. The van der Waals surface area contributed by atoms with Crippen molar-refractivity contribution >= 4 is 11.9 Å². The third kappa shape index (κ3) is 6.68. The predicted octanol–water partition coefficient (Wildman–Crippen LogP) is 3.16. The second-order valence-electron chi connectivity index (χ2n) is 6.46. The number of nitrogens with zero attached hydrogens (tertiary/aromatic N) is 1. The fourth-order valence-corrected chi connectivity index (χ4v) is 2.78. The fourth-order valence-electron chi connectivity index (χ4n) is 2.78. The number of pyridine rings is 1. The Balaban J connectivity index is 1.87. The molecule has 1 aromatic carbocycles. The Morgan fingerprint density at radius 1 is 1.00 bits per heavy atom. The van der Waals surface area contributed by atoms with Crippen molar-refractivity contribution < 1.29 is 23.8 Å². The Morgan fingerprint density at radius 3 is 2.29 bits per heavy atom. The monoisotopic (exact) mass is 385 g/mol. The van der Waals surface area contributed by atoms with Crippen LogP contribution in [-0.4, -0.2) is 37.7 Å². The maximum Gasteiger partial charge on any atom is 0.309 e. The highest BCUT2D eigenvalue weighted by Crippen LogP contribution is 2.18. The molecule has 0 aliphatic rings. The van der Waals surface area contributed by atoms with Gasteiger partial charge in [-0.1, -0.05) is 25.1 Å². The van der Waals surface area contributed by atoms with Crippen LogP contribution in [0.4, 0.5) is 0 Å². The second-order valence-corrected chi connectivity index (χ2v) is 6.46. The molecule has 6 heteroatoms. The normalized spacial score (nSPS) is 11.5. The number of carbonyl (C=O) groups is 2. The topological polar surface area (TPSA) is 74.7 Å². The summed E-state index contributed by atoms with van der Waals surface area (Å²) in [5, 5.41) is 0. The molecule has 0 saturated carbocycles. The van der Waals surface area contributed by atoms with Crippen LogP contribution in [0.5, 0.6) is 5.75 Å². The molecule has 0 amide bonds. The number of benzene rings is 1. The summed E-state index contributed by atoms with van der Waals surface area (Å²) in [6.07, 6.45) is 4.00. The van der Waals surface area contributed by atoms with Crippen LogP contribution in [0.2, 0.25) is 0 Å². The van der Waals surface area contributed by atoms with Gasteiger partial charge in [0, 0.05) is 18.3 Å². The smallest absolute Gasteiger partial charge is 0.309 e. The molecule has 1 heterocycles. The first-order chi connectivity index (χ1) is 13.5. The van der Waals surface area contributed by atoms with Crippen molar-refractivity contribution in [1.29, 1.82) is 0 Å². The van der Waals surface area contributed by atoms with E-state index in [1.54, 1.807) is 0 Å². The molecule has 2 aromatic rings. The Hall–Kier alpha value is -2.89. The highest BCUT2D eigenvalue weighted by molar-refractivity contribution is 5.80. The first-order valence-corrected chi connectivity index (χ1v) is 9.35. The Labute approximate surface area is 165 Å². The standard InChI is InChI=1S/C22H27NO5/c1-4-16-5-8-19(23-15-16)11-12-28-20-9-6-17(7-10-20)13-18(22(25)27-3)14-21(24)26-2/h5-10,15,18H,4,11-14H2,1-3H3. The Kier molecular flexibility index (Phi) is 8.46. The lowest BCUT2D eigenvalue weighted by Crippen LogP contribution is -2.22. The summed E-state index contributed by atoms with van der Waals surface area (Å²) >= 11 is 0. The van der Waals surface area contributed by atoms with E-state index < -0.39 is 17.9 Å². The minimum atomic E-state index is -0.568. The maximum atomic E-state index is 11.9. The zero-order chi connectivity index (χ0) is 20.4. The second kappa shape index (κ2) is 11.1. The van der Waals surface area contributed by atoms with E-state index in [-0.39, 0.29) is 6.42 Å². The third-order valence-corrected chi connectivity index (χ3v) is 4.50. The van der Waals surface area contributed by atoms with Gasteiger partial charge in [0.2, 0.25) is 0 Å². The first-order valence-electron chi connectivity index (χ1n) is 9.35. The molecule has 0 aliphatic heterocycles. The molecule has 0 aliphatic carbocycles. The minimum absolute atomic E-state index is 0.00868. The van der Waals surface area contributed by atoms with Gasteiger partial charge in [-0.2, -0.15) is 0 Å².